The van der Waals surface area contributed by atoms with Crippen LogP contribution in [0.1, 0.15) is 79.0 Å². The molecule has 86 heavy (non-hydrogen) atoms. The molecule has 0 bridgehead atoms. The first-order chi connectivity index (χ1) is 41.6. The Morgan fingerprint density at radius 2 is 0.744 bits per heavy atom. The Bertz CT molecular complexity index is 5920. The second-order valence-corrected chi connectivity index (χ2v) is 27.6. The predicted octanol–water partition coefficient (Wildman–Crippen LogP) is 22.0. The van der Waals surface area contributed by atoms with Crippen LogP contribution in [0.4, 0.5) is 0 Å². The molecule has 0 fully saturated rings. The van der Waals surface area contributed by atoms with Crippen molar-refractivity contribution in [1.29, 1.82) is 0 Å². The molecule has 7 aromatic heterocycles. The van der Waals surface area contributed by atoms with Crippen molar-refractivity contribution in [2.45, 2.75) is 78.6 Å². The smallest absolute Gasteiger partial charge is 0.146 e. The fraction of sp³-hybridized carbons (Fsp3) is 0.148. The Morgan fingerprint density at radius 1 is 0.302 bits per heavy atom. The van der Waals surface area contributed by atoms with Gasteiger partial charge in [-0.3, -0.25) is 4.40 Å². The van der Waals surface area contributed by atoms with Gasteiger partial charge < -0.3 is 13.5 Å². The second-order valence-electron chi connectivity index (χ2n) is 27.6. The van der Waals surface area contributed by atoms with Crippen LogP contribution in [0, 0.1) is 0 Å². The van der Waals surface area contributed by atoms with E-state index in [9.17, 15) is 0 Å². The quantitative estimate of drug-likeness (QED) is 0.173. The largest absolute Gasteiger partial charge is 0.309 e. The van der Waals surface area contributed by atoms with Gasteiger partial charge in [-0.25, -0.2) is 4.98 Å². The van der Waals surface area contributed by atoms with E-state index in [1.54, 1.807) is 0 Å². The fourth-order valence-corrected chi connectivity index (χ4v) is 15.2. The molecule has 11 aromatic carbocycles. The molecule has 0 unspecified atom stereocenters. The summed E-state index contributed by atoms with van der Waals surface area (Å²) in [6.45, 7) is 21.3. The van der Waals surface area contributed by atoms with Crippen LogP contribution in [-0.4, -0.2) is 22.9 Å². The average molecular weight is 1110 g/mol. The summed E-state index contributed by atoms with van der Waals surface area (Å²) in [5.41, 5.74) is 22.5. The molecule has 0 aliphatic rings. The number of rotatable bonds is 4. The zero-order chi connectivity index (χ0) is 58.0. The minimum absolute atomic E-state index is 0.115. The Morgan fingerprint density at radius 3 is 1.33 bits per heavy atom. The van der Waals surface area contributed by atoms with Gasteiger partial charge in [-0.05, 0) is 158 Å². The maximum Gasteiger partial charge on any atom is 0.146 e. The Labute approximate surface area is 498 Å². The van der Waals surface area contributed by atoms with Gasteiger partial charge in [0.25, 0.3) is 0 Å². The molecule has 0 saturated heterocycles. The van der Waals surface area contributed by atoms with Crippen LogP contribution in [0.25, 0.3) is 164 Å². The molecule has 0 aliphatic heterocycles. The van der Waals surface area contributed by atoms with Crippen LogP contribution in [0.3, 0.4) is 0 Å². The SMILES string of the molecule is CC(C)(C)c1cc(-c2ccc3c(c2)c2ccccc2n3-c2ccccc2)c2c(c1)c1cc(C(C)(C)C)cc3c4c5c6cc(C(C)(C)C)cc7c8cc9ccccc9c(-c9ccc%10c(c9)c9ccccc9n%10-c9ccccc9)c8n(c5ncc4n2c13)c76. The molecular weight excluding hydrogens is 1040 g/mol. The van der Waals surface area contributed by atoms with Gasteiger partial charge >= 0.3 is 0 Å². The van der Waals surface area contributed by atoms with Crippen molar-refractivity contribution in [3.63, 3.8) is 0 Å². The summed E-state index contributed by atoms with van der Waals surface area (Å²) in [7, 11) is 0. The average Bonchev–Trinajstić information content (AvgIpc) is 1.52. The summed E-state index contributed by atoms with van der Waals surface area (Å²) in [5.74, 6) is 0. The third-order valence-electron chi connectivity index (χ3n) is 19.4. The number of nitrogens with zero attached hydrogens (tertiary/aromatic N) is 5. The highest BCUT2D eigenvalue weighted by Gasteiger charge is 2.32. The van der Waals surface area contributed by atoms with Crippen molar-refractivity contribution in [3.8, 4) is 33.6 Å². The molecule has 18 rings (SSSR count). The van der Waals surface area contributed by atoms with E-state index in [1.807, 2.05) is 0 Å². The first-order valence-electron chi connectivity index (χ1n) is 30.5. The molecule has 0 spiro atoms. The van der Waals surface area contributed by atoms with Crippen LogP contribution in [-0.2, 0) is 16.2 Å². The molecule has 5 heteroatoms. The number of benzene rings is 11. The summed E-state index contributed by atoms with van der Waals surface area (Å²) in [6.07, 6.45) is 2.22. The molecule has 5 nitrogen and oxygen atoms in total. The highest BCUT2D eigenvalue weighted by molar-refractivity contribution is 6.37. The summed E-state index contributed by atoms with van der Waals surface area (Å²) < 4.78 is 10.0. The van der Waals surface area contributed by atoms with Crippen LogP contribution < -0.4 is 0 Å². The number of hydrogen-bond acceptors (Lipinski definition) is 1. The highest BCUT2D eigenvalue weighted by Crippen LogP contribution is 2.53. The third-order valence-corrected chi connectivity index (χ3v) is 19.4. The summed E-state index contributed by atoms with van der Waals surface area (Å²) in [6, 6.07) is 80.3. The zero-order valence-corrected chi connectivity index (χ0v) is 50.0. The van der Waals surface area contributed by atoms with E-state index in [-0.39, 0.29) is 16.2 Å². The van der Waals surface area contributed by atoms with E-state index in [2.05, 4.69) is 299 Å². The fourth-order valence-electron chi connectivity index (χ4n) is 15.2. The standard InChI is InChI=1S/C81H63N5/c1-79(2,3)49-39-57(47-32-34-68-58(36-47)55-28-18-20-30-66(55)83(68)52-23-12-10-13-24-52)74-62(40-49)63-42-50(80(4,5)6)43-64-72-70(85(74)75(63)64)45-82-78-73(72)65-44-51(81(7,8)9)41-61-60-37-46-22-16-17-27-54(46)71(77(60)86(78)76(61)65)48-33-35-69-59(38-48)56-29-19-21-31-67(56)84(69)53-25-14-11-15-26-53/h10-45H,1-9H3. The lowest BCUT2D eigenvalue weighted by Gasteiger charge is -2.22. The summed E-state index contributed by atoms with van der Waals surface area (Å²) in [5, 5.41) is 17.5. The first-order valence-corrected chi connectivity index (χ1v) is 30.5. The number of aromatic nitrogens is 5. The Kier molecular flexibility index (Phi) is 9.71. The van der Waals surface area contributed by atoms with Crippen LogP contribution in [0.15, 0.2) is 219 Å². The van der Waals surface area contributed by atoms with Crippen molar-refractivity contribution in [1.82, 2.24) is 22.9 Å². The van der Waals surface area contributed by atoms with Crippen molar-refractivity contribution in [2.75, 3.05) is 0 Å². The zero-order valence-electron chi connectivity index (χ0n) is 50.0. The lowest BCUT2D eigenvalue weighted by atomic mass is 9.82. The number of pyridine rings is 1. The van der Waals surface area contributed by atoms with E-state index in [4.69, 9.17) is 4.98 Å². The van der Waals surface area contributed by atoms with E-state index in [0.29, 0.717) is 0 Å². The summed E-state index contributed by atoms with van der Waals surface area (Å²) >= 11 is 0. The van der Waals surface area contributed by atoms with Crippen molar-refractivity contribution >= 4 is 131 Å². The summed E-state index contributed by atoms with van der Waals surface area (Å²) in [4.78, 5) is 5.86. The normalized spacial score (nSPS) is 13.2. The van der Waals surface area contributed by atoms with Gasteiger partial charge in [0.2, 0.25) is 0 Å². The number of para-hydroxylation sites is 4. The molecule has 7 heterocycles. The van der Waals surface area contributed by atoms with E-state index in [0.717, 1.165) is 22.5 Å². The van der Waals surface area contributed by atoms with Gasteiger partial charge in [0.1, 0.15) is 5.65 Å². The van der Waals surface area contributed by atoms with Gasteiger partial charge in [0, 0.05) is 87.1 Å². The maximum atomic E-state index is 5.86. The Hall–Kier alpha value is -9.97. The van der Waals surface area contributed by atoms with Crippen molar-refractivity contribution in [3.05, 3.63) is 235 Å². The van der Waals surface area contributed by atoms with E-state index in [1.165, 1.54) is 158 Å². The molecule has 0 atom stereocenters. The van der Waals surface area contributed by atoms with Crippen LogP contribution in [0.5, 0.6) is 0 Å². The minimum Gasteiger partial charge on any atom is -0.309 e. The van der Waals surface area contributed by atoms with Crippen molar-refractivity contribution in [2.24, 2.45) is 0 Å². The molecule has 0 aliphatic carbocycles. The van der Waals surface area contributed by atoms with Crippen molar-refractivity contribution < 1.29 is 0 Å². The van der Waals surface area contributed by atoms with Gasteiger partial charge in [0.05, 0.1) is 55.8 Å². The highest BCUT2D eigenvalue weighted by atomic mass is 15.0. The lowest BCUT2D eigenvalue weighted by molar-refractivity contribution is 0.591. The van der Waals surface area contributed by atoms with Gasteiger partial charge in [-0.2, -0.15) is 0 Å². The van der Waals surface area contributed by atoms with E-state index < -0.39 is 0 Å². The third kappa shape index (κ3) is 6.63. The molecular formula is C81H63N5. The number of hydrogen-bond donors (Lipinski definition) is 0. The van der Waals surface area contributed by atoms with Gasteiger partial charge in [-0.15, -0.1) is 0 Å². The van der Waals surface area contributed by atoms with Crippen LogP contribution >= 0.6 is 0 Å². The van der Waals surface area contributed by atoms with E-state index >= 15 is 0 Å². The molecule has 0 N–H and O–H groups in total. The molecule has 18 aromatic rings. The van der Waals surface area contributed by atoms with Gasteiger partial charge in [-0.1, -0.05) is 172 Å². The molecule has 0 saturated carbocycles. The predicted molar refractivity (Wildman–Crippen MR) is 367 cm³/mol. The molecule has 0 radical (unpaired) electrons. The van der Waals surface area contributed by atoms with Gasteiger partial charge in [0.15, 0.2) is 0 Å². The minimum atomic E-state index is -0.139. The first kappa shape index (κ1) is 49.5. The maximum absolute atomic E-state index is 5.86. The molecule has 0 amide bonds. The molecule has 412 valence electrons. The monoisotopic (exact) mass is 1110 g/mol. The Balaban J connectivity index is 0.993. The second kappa shape index (κ2) is 16.9. The topological polar surface area (TPSA) is 31.6 Å². The lowest BCUT2D eigenvalue weighted by Crippen LogP contribution is -2.11. The number of fused-ring (bicyclic) bond motifs is 20. The van der Waals surface area contributed by atoms with Crippen LogP contribution in [0.2, 0.25) is 0 Å².